The van der Waals surface area contributed by atoms with Crippen LogP contribution in [-0.2, 0) is 15.8 Å². The van der Waals surface area contributed by atoms with Gasteiger partial charge in [-0.3, -0.25) is 9.59 Å². The topological polar surface area (TPSA) is 142 Å². The van der Waals surface area contributed by atoms with E-state index in [-0.39, 0.29) is 17.7 Å². The van der Waals surface area contributed by atoms with Gasteiger partial charge in [0.15, 0.2) is 0 Å². The normalized spacial score (nSPS) is 15.9. The van der Waals surface area contributed by atoms with E-state index in [1.165, 1.54) is 12.1 Å². The number of carbonyl (C=O) groups is 3. The third kappa shape index (κ3) is 8.75. The molecule has 3 amide bonds. The average Bonchev–Trinajstić information content (AvgIpc) is 3.02. The number of nitrogens with zero attached hydrogens (tertiary/aromatic N) is 5. The molecule has 44 heavy (non-hydrogen) atoms. The van der Waals surface area contributed by atoms with Gasteiger partial charge >= 0.3 is 12.3 Å². The van der Waals surface area contributed by atoms with Crippen LogP contribution in [0.2, 0.25) is 0 Å². The van der Waals surface area contributed by atoms with Gasteiger partial charge < -0.3 is 30.4 Å². The predicted octanol–water partition coefficient (Wildman–Crippen LogP) is 4.30. The molecule has 14 heteroatoms. The summed E-state index contributed by atoms with van der Waals surface area (Å²) in [4.78, 5) is 46.0. The van der Waals surface area contributed by atoms with E-state index in [4.69, 9.17) is 10.4 Å². The standard InChI is InChI=1S/C30H36F3N7O4/c31-30(32,33)25-18-23(6-5-22(25)19-34)38-12-9-21(10-13-38)28(42)37-26-8-7-24(20-36-26)39-14-16-40(17-15-39)27(41)4-2-1-3-11-35-29(43)44/h5-8,18,20-21,35H,1-4,9-17H2,(H,43,44)(H,36,37,42). The van der Waals surface area contributed by atoms with Crippen LogP contribution in [0.3, 0.4) is 0 Å². The molecular weight excluding hydrogens is 579 g/mol. The Labute approximate surface area is 253 Å². The lowest BCUT2D eigenvalue weighted by Gasteiger charge is -2.36. The number of nitrogens with one attached hydrogen (secondary N) is 2. The molecule has 4 rings (SSSR count). The molecule has 0 atom stereocenters. The number of nitriles is 1. The number of benzene rings is 1. The number of carboxylic acid groups (broad SMARTS) is 1. The SMILES string of the molecule is N#Cc1ccc(N2CCC(C(=O)Nc3ccc(N4CCN(C(=O)CCCCCNC(=O)O)CC4)cn3)CC2)cc1C(F)(F)F. The highest BCUT2D eigenvalue weighted by molar-refractivity contribution is 5.92. The summed E-state index contributed by atoms with van der Waals surface area (Å²) in [6, 6.07) is 8.88. The van der Waals surface area contributed by atoms with Gasteiger partial charge in [0.05, 0.1) is 29.1 Å². The van der Waals surface area contributed by atoms with Crippen LogP contribution in [0.25, 0.3) is 0 Å². The first-order valence-corrected chi connectivity index (χ1v) is 14.7. The highest BCUT2D eigenvalue weighted by atomic mass is 19.4. The number of alkyl halides is 3. The lowest BCUT2D eigenvalue weighted by molar-refractivity contribution is -0.137. The molecule has 0 saturated carbocycles. The van der Waals surface area contributed by atoms with E-state index in [9.17, 15) is 27.6 Å². The Hall–Kier alpha value is -4.54. The monoisotopic (exact) mass is 615 g/mol. The van der Waals surface area contributed by atoms with Crippen molar-refractivity contribution >= 4 is 35.1 Å². The first-order chi connectivity index (χ1) is 21.0. The van der Waals surface area contributed by atoms with Crippen molar-refractivity contribution in [2.75, 3.05) is 60.9 Å². The van der Waals surface area contributed by atoms with E-state index < -0.39 is 23.4 Å². The summed E-state index contributed by atoms with van der Waals surface area (Å²) in [5.74, 6) is 0.0162. The van der Waals surface area contributed by atoms with Crippen molar-refractivity contribution in [3.05, 3.63) is 47.7 Å². The summed E-state index contributed by atoms with van der Waals surface area (Å²) in [5, 5.41) is 22.8. The van der Waals surface area contributed by atoms with E-state index in [1.807, 2.05) is 11.0 Å². The first kappa shape index (κ1) is 32.4. The fraction of sp³-hybridized carbons (Fsp3) is 0.500. The van der Waals surface area contributed by atoms with Crippen LogP contribution in [0.1, 0.15) is 49.7 Å². The van der Waals surface area contributed by atoms with Gasteiger partial charge in [-0.25, -0.2) is 9.78 Å². The Morgan fingerprint density at radius 1 is 0.955 bits per heavy atom. The fourth-order valence-corrected chi connectivity index (χ4v) is 5.48. The number of amides is 3. The number of piperidine rings is 1. The summed E-state index contributed by atoms with van der Waals surface area (Å²) >= 11 is 0. The Morgan fingerprint density at radius 3 is 2.25 bits per heavy atom. The third-order valence-electron chi connectivity index (χ3n) is 8.00. The number of carbonyl (C=O) groups excluding carboxylic acids is 2. The molecule has 3 heterocycles. The second kappa shape index (κ2) is 14.8. The molecule has 0 spiro atoms. The summed E-state index contributed by atoms with van der Waals surface area (Å²) in [6.07, 6.45) is -0.403. The Kier molecular flexibility index (Phi) is 10.9. The summed E-state index contributed by atoms with van der Waals surface area (Å²) in [5.41, 5.74) is -0.117. The molecule has 236 valence electrons. The van der Waals surface area contributed by atoms with Gasteiger partial charge in [0.1, 0.15) is 5.82 Å². The Bertz CT molecular complexity index is 1350. The molecule has 3 N–H and O–H groups in total. The number of aromatic nitrogens is 1. The second-order valence-electron chi connectivity index (χ2n) is 10.9. The quantitative estimate of drug-likeness (QED) is 0.336. The minimum Gasteiger partial charge on any atom is -0.465 e. The first-order valence-electron chi connectivity index (χ1n) is 14.7. The van der Waals surface area contributed by atoms with Crippen molar-refractivity contribution in [3.63, 3.8) is 0 Å². The third-order valence-corrected chi connectivity index (χ3v) is 8.00. The summed E-state index contributed by atoms with van der Waals surface area (Å²) < 4.78 is 40.1. The van der Waals surface area contributed by atoms with Gasteiger partial charge in [-0.2, -0.15) is 18.4 Å². The summed E-state index contributed by atoms with van der Waals surface area (Å²) in [6.45, 7) is 3.70. The smallest absolute Gasteiger partial charge is 0.417 e. The largest absolute Gasteiger partial charge is 0.465 e. The molecule has 1 aromatic carbocycles. The molecule has 2 fully saturated rings. The second-order valence-corrected chi connectivity index (χ2v) is 10.9. The number of anilines is 3. The van der Waals surface area contributed by atoms with Gasteiger partial charge in [0, 0.05) is 63.8 Å². The molecular formula is C30H36F3N7O4. The molecule has 0 unspecified atom stereocenters. The van der Waals surface area contributed by atoms with E-state index in [0.29, 0.717) is 83.0 Å². The molecule has 2 aromatic rings. The molecule has 0 bridgehead atoms. The zero-order valence-corrected chi connectivity index (χ0v) is 24.3. The minimum atomic E-state index is -4.62. The number of rotatable bonds is 10. The molecule has 11 nitrogen and oxygen atoms in total. The van der Waals surface area contributed by atoms with Crippen LogP contribution in [-0.4, -0.2) is 78.7 Å². The van der Waals surface area contributed by atoms with Crippen LogP contribution in [0.5, 0.6) is 0 Å². The van der Waals surface area contributed by atoms with E-state index in [1.54, 1.807) is 23.2 Å². The molecule has 1 aromatic heterocycles. The van der Waals surface area contributed by atoms with Crippen LogP contribution in [0.4, 0.5) is 35.2 Å². The zero-order chi connectivity index (χ0) is 31.7. The van der Waals surface area contributed by atoms with Crippen molar-refractivity contribution < 1.29 is 32.7 Å². The molecule has 2 aliphatic rings. The lowest BCUT2D eigenvalue weighted by Crippen LogP contribution is -2.48. The number of pyridine rings is 1. The highest BCUT2D eigenvalue weighted by Gasteiger charge is 2.35. The maximum atomic E-state index is 13.4. The van der Waals surface area contributed by atoms with Crippen LogP contribution >= 0.6 is 0 Å². The predicted molar refractivity (Wildman–Crippen MR) is 157 cm³/mol. The zero-order valence-electron chi connectivity index (χ0n) is 24.3. The Balaban J connectivity index is 1.19. The minimum absolute atomic E-state index is 0.0980. The van der Waals surface area contributed by atoms with E-state index in [0.717, 1.165) is 24.6 Å². The number of unbranched alkanes of at least 4 members (excludes halogenated alkanes) is 2. The van der Waals surface area contributed by atoms with Crippen LogP contribution in [0, 0.1) is 17.2 Å². The van der Waals surface area contributed by atoms with Crippen LogP contribution in [0.15, 0.2) is 36.5 Å². The van der Waals surface area contributed by atoms with Gasteiger partial charge in [-0.15, -0.1) is 0 Å². The van der Waals surface area contributed by atoms with E-state index >= 15 is 0 Å². The number of hydrogen-bond donors (Lipinski definition) is 3. The van der Waals surface area contributed by atoms with E-state index in [2.05, 4.69) is 20.5 Å². The van der Waals surface area contributed by atoms with Gasteiger partial charge in [-0.05, 0) is 56.0 Å². The highest BCUT2D eigenvalue weighted by Crippen LogP contribution is 2.35. The van der Waals surface area contributed by atoms with Crippen molar-refractivity contribution in [2.45, 2.75) is 44.7 Å². The molecule has 2 saturated heterocycles. The van der Waals surface area contributed by atoms with Gasteiger partial charge in [0.2, 0.25) is 11.8 Å². The van der Waals surface area contributed by atoms with Crippen molar-refractivity contribution in [1.82, 2.24) is 15.2 Å². The molecule has 0 radical (unpaired) electrons. The molecule has 0 aliphatic carbocycles. The van der Waals surface area contributed by atoms with Crippen molar-refractivity contribution in [1.29, 1.82) is 5.26 Å². The number of halogens is 3. The van der Waals surface area contributed by atoms with Crippen LogP contribution < -0.4 is 20.4 Å². The van der Waals surface area contributed by atoms with Gasteiger partial charge in [0.25, 0.3) is 0 Å². The summed E-state index contributed by atoms with van der Waals surface area (Å²) in [7, 11) is 0. The van der Waals surface area contributed by atoms with Crippen molar-refractivity contribution in [2.24, 2.45) is 5.92 Å². The van der Waals surface area contributed by atoms with Crippen molar-refractivity contribution in [3.8, 4) is 6.07 Å². The number of hydrogen-bond acceptors (Lipinski definition) is 7. The maximum Gasteiger partial charge on any atom is 0.417 e. The Morgan fingerprint density at radius 2 is 1.64 bits per heavy atom. The lowest BCUT2D eigenvalue weighted by atomic mass is 9.95. The van der Waals surface area contributed by atoms with Gasteiger partial charge in [-0.1, -0.05) is 6.42 Å². The maximum absolute atomic E-state index is 13.4. The molecule has 2 aliphatic heterocycles. The average molecular weight is 616 g/mol. The fourth-order valence-electron chi connectivity index (χ4n) is 5.48. The number of piperazine rings is 1.